The minimum atomic E-state index is -0.251. The predicted molar refractivity (Wildman–Crippen MR) is 97.9 cm³/mol. The molecule has 24 heavy (non-hydrogen) atoms. The third-order valence-corrected chi connectivity index (χ3v) is 3.60. The molecule has 7 heteroatoms. The molecule has 0 saturated heterocycles. The van der Waals surface area contributed by atoms with Gasteiger partial charge in [0.15, 0.2) is 0 Å². The molecule has 0 aliphatic carbocycles. The van der Waals surface area contributed by atoms with Crippen molar-refractivity contribution in [1.29, 1.82) is 0 Å². The van der Waals surface area contributed by atoms with Crippen LogP contribution in [0.1, 0.15) is 5.56 Å². The third-order valence-electron chi connectivity index (χ3n) is 3.11. The van der Waals surface area contributed by atoms with Gasteiger partial charge in [0, 0.05) is 21.8 Å². The summed E-state index contributed by atoms with van der Waals surface area (Å²) < 4.78 is 11.3. The van der Waals surface area contributed by atoms with E-state index < -0.39 is 0 Å². The number of nitrogens with one attached hydrogen (secondary N) is 2. The van der Waals surface area contributed by atoms with E-state index in [1.54, 1.807) is 32.4 Å². The first kappa shape index (κ1) is 17.8. The van der Waals surface area contributed by atoms with Crippen molar-refractivity contribution in [3.05, 3.63) is 52.5 Å². The Hall–Kier alpha value is -2.54. The number of hydrogen-bond acceptors (Lipinski definition) is 5. The highest BCUT2D eigenvalue weighted by molar-refractivity contribution is 9.10. The van der Waals surface area contributed by atoms with Crippen molar-refractivity contribution in [3.8, 4) is 11.5 Å². The molecule has 0 bridgehead atoms. The Bertz CT molecular complexity index is 735. The minimum Gasteiger partial charge on any atom is -0.497 e. The van der Waals surface area contributed by atoms with Crippen LogP contribution in [0.2, 0.25) is 0 Å². The van der Waals surface area contributed by atoms with E-state index in [9.17, 15) is 4.79 Å². The van der Waals surface area contributed by atoms with Gasteiger partial charge in [-0.25, -0.2) is 5.43 Å². The monoisotopic (exact) mass is 391 g/mol. The van der Waals surface area contributed by atoms with Crippen molar-refractivity contribution >= 4 is 33.7 Å². The molecule has 6 nitrogen and oxygen atoms in total. The van der Waals surface area contributed by atoms with Gasteiger partial charge in [-0.05, 0) is 30.3 Å². The number of amides is 1. The number of hydrazone groups is 1. The molecule has 0 radical (unpaired) electrons. The van der Waals surface area contributed by atoms with Crippen LogP contribution in [0, 0.1) is 0 Å². The number of halogens is 1. The lowest BCUT2D eigenvalue weighted by atomic mass is 10.2. The summed E-state index contributed by atoms with van der Waals surface area (Å²) in [5.41, 5.74) is 4.05. The second kappa shape index (κ2) is 8.93. The molecule has 2 aromatic carbocycles. The summed E-state index contributed by atoms with van der Waals surface area (Å²) in [5, 5.41) is 6.96. The fraction of sp³-hybridized carbons (Fsp3) is 0.176. The molecule has 0 saturated carbocycles. The molecule has 2 N–H and O–H groups in total. The number of benzene rings is 2. The maximum absolute atomic E-state index is 11.8. The smallest absolute Gasteiger partial charge is 0.259 e. The maximum atomic E-state index is 11.8. The van der Waals surface area contributed by atoms with Gasteiger partial charge in [0.05, 0.1) is 27.0 Å². The molecule has 0 unspecified atom stereocenters. The van der Waals surface area contributed by atoms with E-state index in [-0.39, 0.29) is 12.5 Å². The van der Waals surface area contributed by atoms with E-state index in [1.165, 1.54) is 6.21 Å². The van der Waals surface area contributed by atoms with Crippen LogP contribution in [0.5, 0.6) is 11.5 Å². The molecule has 0 aromatic heterocycles. The average Bonchev–Trinajstić information content (AvgIpc) is 2.60. The lowest BCUT2D eigenvalue weighted by Crippen LogP contribution is -2.25. The Kier molecular flexibility index (Phi) is 6.62. The summed E-state index contributed by atoms with van der Waals surface area (Å²) in [5.74, 6) is 1.05. The van der Waals surface area contributed by atoms with Gasteiger partial charge in [0.25, 0.3) is 5.91 Å². The van der Waals surface area contributed by atoms with Crippen molar-refractivity contribution in [3.63, 3.8) is 0 Å². The van der Waals surface area contributed by atoms with Gasteiger partial charge in [-0.1, -0.05) is 22.0 Å². The first-order valence-corrected chi connectivity index (χ1v) is 7.95. The summed E-state index contributed by atoms with van der Waals surface area (Å²) in [6.07, 6.45) is 1.52. The summed E-state index contributed by atoms with van der Waals surface area (Å²) in [7, 11) is 3.15. The Morgan fingerprint density at radius 1 is 1.21 bits per heavy atom. The van der Waals surface area contributed by atoms with Crippen LogP contribution in [0.4, 0.5) is 5.69 Å². The molecule has 0 fully saturated rings. The second-order valence-electron chi connectivity index (χ2n) is 4.76. The van der Waals surface area contributed by atoms with E-state index in [0.29, 0.717) is 11.5 Å². The molecular formula is C17H18BrN3O3. The number of hydrogen-bond donors (Lipinski definition) is 2. The van der Waals surface area contributed by atoms with E-state index in [4.69, 9.17) is 9.47 Å². The summed E-state index contributed by atoms with van der Waals surface area (Å²) in [6, 6.07) is 12.9. The van der Waals surface area contributed by atoms with E-state index >= 15 is 0 Å². The lowest BCUT2D eigenvalue weighted by molar-refractivity contribution is -0.119. The zero-order valence-electron chi connectivity index (χ0n) is 13.4. The van der Waals surface area contributed by atoms with Crippen LogP contribution in [0.3, 0.4) is 0 Å². The Labute approximate surface area is 149 Å². The van der Waals surface area contributed by atoms with Gasteiger partial charge in [0.2, 0.25) is 0 Å². The highest BCUT2D eigenvalue weighted by atomic mass is 79.9. The second-order valence-corrected chi connectivity index (χ2v) is 5.68. The van der Waals surface area contributed by atoms with Gasteiger partial charge in [-0.3, -0.25) is 4.79 Å². The number of rotatable bonds is 7. The van der Waals surface area contributed by atoms with Crippen LogP contribution in [-0.2, 0) is 4.79 Å². The molecule has 2 aromatic rings. The van der Waals surface area contributed by atoms with Crippen molar-refractivity contribution in [1.82, 2.24) is 5.43 Å². The standard InChI is InChI=1S/C17H18BrN3O3/c1-23-15-7-6-12(16(9-15)24-2)10-20-21-17(22)11-19-14-5-3-4-13(18)8-14/h3-10,19H,11H2,1-2H3,(H,21,22). The van der Waals surface area contributed by atoms with Crippen LogP contribution in [-0.4, -0.2) is 32.9 Å². The van der Waals surface area contributed by atoms with Crippen LogP contribution >= 0.6 is 15.9 Å². The summed E-state index contributed by atoms with van der Waals surface area (Å²) >= 11 is 3.38. The number of ether oxygens (including phenoxy) is 2. The Balaban J connectivity index is 1.88. The van der Waals surface area contributed by atoms with E-state index in [1.807, 2.05) is 24.3 Å². The highest BCUT2D eigenvalue weighted by Crippen LogP contribution is 2.23. The molecule has 0 heterocycles. The van der Waals surface area contributed by atoms with E-state index in [2.05, 4.69) is 31.8 Å². The van der Waals surface area contributed by atoms with Crippen molar-refractivity contribution in [2.75, 3.05) is 26.1 Å². The molecule has 0 aliphatic rings. The van der Waals surface area contributed by atoms with Crippen LogP contribution in [0.15, 0.2) is 52.0 Å². The first-order chi connectivity index (χ1) is 11.6. The highest BCUT2D eigenvalue weighted by Gasteiger charge is 2.03. The third kappa shape index (κ3) is 5.27. The topological polar surface area (TPSA) is 72.0 Å². The first-order valence-electron chi connectivity index (χ1n) is 7.15. The fourth-order valence-corrected chi connectivity index (χ4v) is 2.32. The molecule has 0 aliphatic heterocycles. The number of carbonyl (C=O) groups excluding carboxylic acids is 1. The predicted octanol–water partition coefficient (Wildman–Crippen LogP) is 3.03. The number of anilines is 1. The van der Waals surface area contributed by atoms with Crippen molar-refractivity contribution in [2.24, 2.45) is 5.10 Å². The molecule has 2 rings (SSSR count). The zero-order valence-corrected chi connectivity index (χ0v) is 15.0. The van der Waals surface area contributed by atoms with Crippen LogP contribution in [0.25, 0.3) is 0 Å². The van der Waals surface area contributed by atoms with Gasteiger partial charge in [-0.2, -0.15) is 5.10 Å². The summed E-state index contributed by atoms with van der Waals surface area (Å²) in [4.78, 5) is 11.8. The average molecular weight is 392 g/mol. The fourth-order valence-electron chi connectivity index (χ4n) is 1.92. The zero-order chi connectivity index (χ0) is 17.4. The largest absolute Gasteiger partial charge is 0.497 e. The molecular weight excluding hydrogens is 374 g/mol. The number of nitrogens with zero attached hydrogens (tertiary/aromatic N) is 1. The van der Waals surface area contributed by atoms with Gasteiger partial charge < -0.3 is 14.8 Å². The summed E-state index contributed by atoms with van der Waals surface area (Å²) in [6.45, 7) is 0.119. The normalized spacial score (nSPS) is 10.5. The van der Waals surface area contributed by atoms with Gasteiger partial charge in [-0.15, -0.1) is 0 Å². The maximum Gasteiger partial charge on any atom is 0.259 e. The SMILES string of the molecule is COc1ccc(C=NNC(=O)CNc2cccc(Br)c2)c(OC)c1. The number of carbonyl (C=O) groups is 1. The molecule has 0 spiro atoms. The minimum absolute atomic E-state index is 0.119. The Morgan fingerprint density at radius 2 is 2.04 bits per heavy atom. The quantitative estimate of drug-likeness (QED) is 0.561. The molecule has 126 valence electrons. The molecule has 0 atom stereocenters. The van der Waals surface area contributed by atoms with Crippen molar-refractivity contribution in [2.45, 2.75) is 0 Å². The molecule has 1 amide bonds. The van der Waals surface area contributed by atoms with Gasteiger partial charge in [0.1, 0.15) is 11.5 Å². The number of methoxy groups -OCH3 is 2. The Morgan fingerprint density at radius 3 is 2.75 bits per heavy atom. The van der Waals surface area contributed by atoms with E-state index in [0.717, 1.165) is 15.7 Å². The van der Waals surface area contributed by atoms with Crippen LogP contribution < -0.4 is 20.2 Å². The van der Waals surface area contributed by atoms with Gasteiger partial charge >= 0.3 is 0 Å². The lowest BCUT2D eigenvalue weighted by Gasteiger charge is -2.07. The van der Waals surface area contributed by atoms with Crippen molar-refractivity contribution < 1.29 is 14.3 Å².